The SMILES string of the molecule is C1CCCC1.CC(C)S(=O)(=O)c1cc(P(C)(C)=O)ccc1Nc1nc(NCc2ccccc2)ncc1Cl. The Bertz CT molecular complexity index is 1330. The van der Waals surface area contributed by atoms with Gasteiger partial charge in [0.1, 0.15) is 12.2 Å². The van der Waals surface area contributed by atoms with Crippen molar-refractivity contribution in [1.29, 1.82) is 0 Å². The van der Waals surface area contributed by atoms with Gasteiger partial charge in [0.15, 0.2) is 15.7 Å². The van der Waals surface area contributed by atoms with E-state index in [1.807, 2.05) is 30.3 Å². The summed E-state index contributed by atoms with van der Waals surface area (Å²) in [6.45, 7) is 6.94. The molecule has 1 aliphatic rings. The Morgan fingerprint density at radius 2 is 1.62 bits per heavy atom. The van der Waals surface area contributed by atoms with Crippen LogP contribution in [-0.2, 0) is 20.9 Å². The van der Waals surface area contributed by atoms with Gasteiger partial charge in [-0.1, -0.05) is 74.0 Å². The molecule has 3 aromatic rings. The molecule has 0 aliphatic heterocycles. The first-order valence-corrected chi connectivity index (χ1v) is 17.0. The number of nitrogens with one attached hydrogen (secondary N) is 2. The summed E-state index contributed by atoms with van der Waals surface area (Å²) in [6.07, 6.45) is 8.95. The highest BCUT2D eigenvalue weighted by atomic mass is 35.5. The van der Waals surface area contributed by atoms with Crippen molar-refractivity contribution in [2.75, 3.05) is 24.0 Å². The summed E-state index contributed by atoms with van der Waals surface area (Å²) in [7, 11) is -6.32. The van der Waals surface area contributed by atoms with Crippen molar-refractivity contribution in [1.82, 2.24) is 9.97 Å². The second kappa shape index (κ2) is 12.9. The van der Waals surface area contributed by atoms with Gasteiger partial charge >= 0.3 is 0 Å². The Balaban J connectivity index is 0.000000678. The summed E-state index contributed by atoms with van der Waals surface area (Å²) < 4.78 is 38.6. The van der Waals surface area contributed by atoms with Crippen LogP contribution in [0.5, 0.6) is 0 Å². The number of sulfone groups is 1. The van der Waals surface area contributed by atoms with E-state index < -0.39 is 22.2 Å². The number of halogens is 1. The molecule has 7 nitrogen and oxygen atoms in total. The highest BCUT2D eigenvalue weighted by Gasteiger charge is 2.26. The minimum absolute atomic E-state index is 0.0578. The monoisotopic (exact) mass is 562 g/mol. The van der Waals surface area contributed by atoms with Crippen LogP contribution >= 0.6 is 18.7 Å². The zero-order valence-corrected chi connectivity index (χ0v) is 24.3. The van der Waals surface area contributed by atoms with Gasteiger partial charge < -0.3 is 15.2 Å². The van der Waals surface area contributed by atoms with E-state index in [0.29, 0.717) is 23.5 Å². The predicted octanol–water partition coefficient (Wildman–Crippen LogP) is 6.87. The molecule has 0 atom stereocenters. The van der Waals surface area contributed by atoms with E-state index in [1.54, 1.807) is 39.3 Å². The van der Waals surface area contributed by atoms with Gasteiger partial charge in [0.2, 0.25) is 5.95 Å². The normalized spacial score (nSPS) is 13.7. The summed E-state index contributed by atoms with van der Waals surface area (Å²) in [4.78, 5) is 8.66. The highest BCUT2D eigenvalue weighted by molar-refractivity contribution is 7.92. The first kappa shape index (κ1) is 29.2. The van der Waals surface area contributed by atoms with Gasteiger partial charge in [0, 0.05) is 11.8 Å². The van der Waals surface area contributed by atoms with Crippen molar-refractivity contribution in [3.63, 3.8) is 0 Å². The molecule has 200 valence electrons. The third-order valence-corrected chi connectivity index (χ3v) is 10.0. The number of hydrogen-bond donors (Lipinski definition) is 2. The standard InChI is InChI=1S/C22H26ClN4O3PS.C5H10/c1-15(2)32(29,30)20-12-17(31(3,4)28)10-11-19(20)26-21-18(23)14-25-22(27-21)24-13-16-8-6-5-7-9-16;1-2-4-5-3-1/h5-12,14-15H,13H2,1-4H3,(H2,24,25,26,27);1-5H2. The van der Waals surface area contributed by atoms with Crippen LogP contribution in [0.4, 0.5) is 17.5 Å². The number of anilines is 3. The van der Waals surface area contributed by atoms with Crippen LogP contribution in [-0.4, -0.2) is 37.0 Å². The molecule has 1 aliphatic carbocycles. The number of benzene rings is 2. The molecule has 0 radical (unpaired) electrons. The van der Waals surface area contributed by atoms with Crippen molar-refractivity contribution in [2.45, 2.75) is 62.6 Å². The van der Waals surface area contributed by atoms with E-state index in [-0.39, 0.29) is 15.7 Å². The zero-order valence-electron chi connectivity index (χ0n) is 21.9. The lowest BCUT2D eigenvalue weighted by Gasteiger charge is -2.18. The fourth-order valence-electron chi connectivity index (χ4n) is 3.77. The third-order valence-electron chi connectivity index (χ3n) is 6.05. The molecule has 2 aromatic carbocycles. The van der Waals surface area contributed by atoms with Gasteiger partial charge in [-0.25, -0.2) is 13.4 Å². The van der Waals surface area contributed by atoms with Crippen molar-refractivity contribution >= 4 is 51.3 Å². The lowest BCUT2D eigenvalue weighted by molar-refractivity contribution is 0.588. The molecule has 0 unspecified atom stereocenters. The second-order valence-corrected chi connectivity index (χ2v) is 15.8. The highest BCUT2D eigenvalue weighted by Crippen LogP contribution is 2.38. The quantitative estimate of drug-likeness (QED) is 0.289. The van der Waals surface area contributed by atoms with Crippen LogP contribution in [0.25, 0.3) is 0 Å². The maximum atomic E-state index is 13.0. The van der Waals surface area contributed by atoms with Gasteiger partial charge in [-0.2, -0.15) is 4.98 Å². The number of rotatable bonds is 8. The molecule has 4 rings (SSSR count). The number of nitrogens with zero attached hydrogens (tertiary/aromatic N) is 2. The molecule has 0 saturated heterocycles. The minimum Gasteiger partial charge on any atom is -0.350 e. The summed E-state index contributed by atoms with van der Waals surface area (Å²) in [5.41, 5.74) is 1.37. The number of hydrogen-bond acceptors (Lipinski definition) is 7. The van der Waals surface area contributed by atoms with Crippen LogP contribution in [0.2, 0.25) is 5.02 Å². The van der Waals surface area contributed by atoms with Gasteiger partial charge in [0.25, 0.3) is 0 Å². The largest absolute Gasteiger partial charge is 0.350 e. The lowest BCUT2D eigenvalue weighted by Crippen LogP contribution is -2.18. The summed E-state index contributed by atoms with van der Waals surface area (Å²) >= 11 is 6.29. The molecular weight excluding hydrogens is 527 g/mol. The Labute approximate surface area is 225 Å². The van der Waals surface area contributed by atoms with Gasteiger partial charge in [-0.05, 0) is 50.9 Å². The average molecular weight is 563 g/mol. The van der Waals surface area contributed by atoms with Crippen LogP contribution in [0.1, 0.15) is 51.5 Å². The first-order valence-electron chi connectivity index (χ1n) is 12.5. The molecular formula is C27H36ClN4O3PS. The second-order valence-electron chi connectivity index (χ2n) is 9.75. The molecule has 1 fully saturated rings. The molecule has 37 heavy (non-hydrogen) atoms. The Hall–Kier alpha value is -2.41. The van der Waals surface area contributed by atoms with Crippen LogP contribution in [0.3, 0.4) is 0 Å². The predicted molar refractivity (Wildman–Crippen MR) is 155 cm³/mol. The maximum absolute atomic E-state index is 13.0. The first-order chi connectivity index (χ1) is 17.5. The topological polar surface area (TPSA) is 101 Å². The fraction of sp³-hybridized carbons (Fsp3) is 0.407. The van der Waals surface area contributed by atoms with Crippen molar-refractivity contribution < 1.29 is 13.0 Å². The lowest BCUT2D eigenvalue weighted by atomic mass is 10.2. The molecule has 1 aromatic heterocycles. The van der Waals surface area contributed by atoms with E-state index in [9.17, 15) is 13.0 Å². The van der Waals surface area contributed by atoms with Gasteiger partial charge in [0.05, 0.1) is 22.0 Å². The van der Waals surface area contributed by atoms with Crippen molar-refractivity contribution in [2.24, 2.45) is 0 Å². The zero-order chi connectivity index (χ0) is 27.1. The van der Waals surface area contributed by atoms with Crippen molar-refractivity contribution in [3.8, 4) is 0 Å². The van der Waals surface area contributed by atoms with E-state index in [0.717, 1.165) is 5.56 Å². The van der Waals surface area contributed by atoms with Crippen LogP contribution < -0.4 is 15.9 Å². The summed E-state index contributed by atoms with van der Waals surface area (Å²) in [5.74, 6) is 0.610. The minimum atomic E-state index is -3.67. The molecule has 1 saturated carbocycles. The van der Waals surface area contributed by atoms with E-state index in [1.165, 1.54) is 44.4 Å². The molecule has 2 N–H and O–H groups in total. The Kier molecular flexibility index (Phi) is 10.2. The Morgan fingerprint density at radius 1 is 1.00 bits per heavy atom. The van der Waals surface area contributed by atoms with E-state index in [4.69, 9.17) is 11.6 Å². The van der Waals surface area contributed by atoms with Crippen LogP contribution in [0, 0.1) is 0 Å². The van der Waals surface area contributed by atoms with Crippen LogP contribution in [0.15, 0.2) is 59.6 Å². The van der Waals surface area contributed by atoms with Gasteiger partial charge in [-0.15, -0.1) is 0 Å². The number of aromatic nitrogens is 2. The maximum Gasteiger partial charge on any atom is 0.224 e. The fourth-order valence-corrected chi connectivity index (χ4v) is 6.09. The molecule has 0 amide bonds. The molecule has 10 heteroatoms. The molecule has 1 heterocycles. The third kappa shape index (κ3) is 8.29. The van der Waals surface area contributed by atoms with E-state index in [2.05, 4.69) is 20.6 Å². The summed E-state index contributed by atoms with van der Waals surface area (Å²) in [5, 5.41) is 6.23. The molecule has 0 bridgehead atoms. The van der Waals surface area contributed by atoms with E-state index >= 15 is 0 Å². The smallest absolute Gasteiger partial charge is 0.224 e. The van der Waals surface area contributed by atoms with Gasteiger partial charge in [-0.3, -0.25) is 0 Å². The average Bonchev–Trinajstić information content (AvgIpc) is 3.45. The molecule has 0 spiro atoms. The Morgan fingerprint density at radius 3 is 2.19 bits per heavy atom. The summed E-state index contributed by atoms with van der Waals surface area (Å²) in [6, 6.07) is 14.5. The van der Waals surface area contributed by atoms with Crippen molar-refractivity contribution in [3.05, 3.63) is 65.3 Å².